The van der Waals surface area contributed by atoms with E-state index >= 15 is 0 Å². The van der Waals surface area contributed by atoms with Gasteiger partial charge >= 0.3 is 0 Å². The van der Waals surface area contributed by atoms with E-state index in [0.29, 0.717) is 0 Å². The van der Waals surface area contributed by atoms with Gasteiger partial charge in [0.1, 0.15) is 0 Å². The van der Waals surface area contributed by atoms with Gasteiger partial charge in [-0.1, -0.05) is 216 Å². The van der Waals surface area contributed by atoms with Gasteiger partial charge in [-0.05, 0) is 133 Å². The molecule has 0 bridgehead atoms. The summed E-state index contributed by atoms with van der Waals surface area (Å²) in [7, 11) is 0. The summed E-state index contributed by atoms with van der Waals surface area (Å²) in [5.41, 5.74) is 25.8. The molecule has 0 fully saturated rings. The van der Waals surface area contributed by atoms with E-state index in [2.05, 4.69) is 98.8 Å². The average molecular weight is 813 g/mol. The molecule has 0 aromatic heterocycles. The zero-order valence-electron chi connectivity index (χ0n) is 38.9. The van der Waals surface area contributed by atoms with Crippen LogP contribution in [0.1, 0.15) is 225 Å². The van der Waals surface area contributed by atoms with Crippen LogP contribution in [0.5, 0.6) is 0 Å². The number of unbranched alkanes of at least 4 members (excludes halogenated alkanes) is 23. The van der Waals surface area contributed by atoms with Crippen LogP contribution in [0, 0.1) is 0 Å². The summed E-state index contributed by atoms with van der Waals surface area (Å²) in [6.07, 6.45) is 42.3. The number of benzene rings is 4. The van der Waals surface area contributed by atoms with Crippen molar-refractivity contribution < 1.29 is 0 Å². The van der Waals surface area contributed by atoms with Crippen molar-refractivity contribution in [3.05, 3.63) is 129 Å². The summed E-state index contributed by atoms with van der Waals surface area (Å²) in [6.45, 7) is 4.57. The van der Waals surface area contributed by atoms with Gasteiger partial charge in [-0.3, -0.25) is 0 Å². The first-order valence-electron chi connectivity index (χ1n) is 25.4. The summed E-state index contributed by atoms with van der Waals surface area (Å²) in [4.78, 5) is 0. The average Bonchev–Trinajstić information content (AvgIpc) is 3.26. The topological polar surface area (TPSA) is 52.0 Å². The number of anilines is 2. The van der Waals surface area contributed by atoms with Crippen LogP contribution < -0.4 is 11.5 Å². The Bertz CT molecular complexity index is 1530. The largest absolute Gasteiger partial charge is 0.399 e. The van der Waals surface area contributed by atoms with Gasteiger partial charge in [0.15, 0.2) is 0 Å². The van der Waals surface area contributed by atoms with Crippen molar-refractivity contribution >= 4 is 11.4 Å². The first-order chi connectivity index (χ1) is 29.5. The Balaban J connectivity index is 0.949. The zero-order chi connectivity index (χ0) is 42.3. The van der Waals surface area contributed by atoms with Crippen LogP contribution in [-0.2, 0) is 38.5 Å². The van der Waals surface area contributed by atoms with Crippen molar-refractivity contribution in [2.24, 2.45) is 0 Å². The van der Waals surface area contributed by atoms with Crippen molar-refractivity contribution in [1.82, 2.24) is 0 Å². The number of nitrogens with two attached hydrogens (primary N) is 2. The predicted molar refractivity (Wildman–Crippen MR) is 266 cm³/mol. The number of aryl methyl sites for hydroxylation is 4. The van der Waals surface area contributed by atoms with Crippen molar-refractivity contribution in [2.75, 3.05) is 11.5 Å². The summed E-state index contributed by atoms with van der Waals surface area (Å²) < 4.78 is 0. The molecule has 4 N–H and O–H groups in total. The first-order valence-corrected chi connectivity index (χ1v) is 25.4. The van der Waals surface area contributed by atoms with Crippen LogP contribution in [0.2, 0.25) is 0 Å². The maximum atomic E-state index is 6.18. The number of hydrogen-bond acceptors (Lipinski definition) is 2. The lowest BCUT2D eigenvalue weighted by molar-refractivity contribution is 0.533. The number of hydrogen-bond donors (Lipinski definition) is 2. The Morgan fingerprint density at radius 2 is 0.533 bits per heavy atom. The second-order valence-electron chi connectivity index (χ2n) is 18.5. The van der Waals surface area contributed by atoms with Crippen LogP contribution >= 0.6 is 0 Å². The van der Waals surface area contributed by atoms with Crippen LogP contribution in [0.15, 0.2) is 84.9 Å². The zero-order valence-corrected chi connectivity index (χ0v) is 38.9. The third-order valence-electron chi connectivity index (χ3n) is 13.1. The lowest BCUT2D eigenvalue weighted by atomic mass is 9.94. The molecule has 0 aliphatic heterocycles. The van der Waals surface area contributed by atoms with Gasteiger partial charge in [0, 0.05) is 11.4 Å². The Morgan fingerprint density at radius 1 is 0.267 bits per heavy atom. The lowest BCUT2D eigenvalue weighted by Gasteiger charge is -2.12. The maximum Gasteiger partial charge on any atom is 0.0316 e. The minimum Gasteiger partial charge on any atom is -0.399 e. The third-order valence-corrected chi connectivity index (χ3v) is 13.1. The summed E-state index contributed by atoms with van der Waals surface area (Å²) in [5, 5.41) is 0. The molecule has 0 unspecified atom stereocenters. The number of nitrogen functional groups attached to an aromatic ring is 2. The lowest BCUT2D eigenvalue weighted by Crippen LogP contribution is -1.99. The monoisotopic (exact) mass is 813 g/mol. The molecule has 0 atom stereocenters. The molecule has 0 aliphatic carbocycles. The SMILES string of the molecule is CCCCCCCCc1cc(N)ccc1Cc1ccc(CCCCCCCCCCCCCCCCc2ccc(Cc3ccc(N)cc3CCCCCCCC)cc2)cc1. The molecule has 0 heterocycles. The van der Waals surface area contributed by atoms with Gasteiger partial charge < -0.3 is 11.5 Å². The second-order valence-corrected chi connectivity index (χ2v) is 18.5. The van der Waals surface area contributed by atoms with E-state index in [4.69, 9.17) is 11.5 Å². The van der Waals surface area contributed by atoms with Gasteiger partial charge in [0.25, 0.3) is 0 Å². The molecule has 2 heteroatoms. The highest BCUT2D eigenvalue weighted by Crippen LogP contribution is 2.24. The van der Waals surface area contributed by atoms with Crippen molar-refractivity contribution in [1.29, 1.82) is 0 Å². The molecule has 60 heavy (non-hydrogen) atoms. The molecule has 4 aromatic rings. The highest BCUT2D eigenvalue weighted by Gasteiger charge is 2.08. The Morgan fingerprint density at radius 3 is 0.850 bits per heavy atom. The highest BCUT2D eigenvalue weighted by atomic mass is 14.5. The molecule has 0 spiro atoms. The van der Waals surface area contributed by atoms with Gasteiger partial charge in [-0.2, -0.15) is 0 Å². The summed E-state index contributed by atoms with van der Waals surface area (Å²) >= 11 is 0. The van der Waals surface area contributed by atoms with Crippen LogP contribution in [0.25, 0.3) is 0 Å². The van der Waals surface area contributed by atoms with E-state index in [0.717, 1.165) is 37.1 Å². The molecular formula is C58H88N2. The van der Waals surface area contributed by atoms with E-state index in [1.165, 1.54) is 224 Å². The molecule has 2 nitrogen and oxygen atoms in total. The smallest absolute Gasteiger partial charge is 0.0316 e. The number of rotatable bonds is 35. The summed E-state index contributed by atoms with van der Waals surface area (Å²) in [5.74, 6) is 0. The molecule has 0 amide bonds. The van der Waals surface area contributed by atoms with E-state index in [9.17, 15) is 0 Å². The van der Waals surface area contributed by atoms with Crippen molar-refractivity contribution in [3.8, 4) is 0 Å². The van der Waals surface area contributed by atoms with Gasteiger partial charge in [0.05, 0.1) is 0 Å². The fourth-order valence-electron chi connectivity index (χ4n) is 9.16. The van der Waals surface area contributed by atoms with Gasteiger partial charge in [0.2, 0.25) is 0 Å². The van der Waals surface area contributed by atoms with Gasteiger partial charge in [-0.25, -0.2) is 0 Å². The fourth-order valence-corrected chi connectivity index (χ4v) is 9.16. The van der Waals surface area contributed by atoms with Crippen LogP contribution in [-0.4, -0.2) is 0 Å². The molecule has 330 valence electrons. The van der Waals surface area contributed by atoms with Crippen LogP contribution in [0.3, 0.4) is 0 Å². The molecule has 0 saturated heterocycles. The minimum atomic E-state index is 0.898. The molecule has 0 radical (unpaired) electrons. The van der Waals surface area contributed by atoms with E-state index in [1.54, 1.807) is 0 Å². The van der Waals surface area contributed by atoms with E-state index in [1.807, 2.05) is 0 Å². The van der Waals surface area contributed by atoms with Crippen LogP contribution in [0.4, 0.5) is 11.4 Å². The Hall–Kier alpha value is -3.52. The molecule has 4 aromatic carbocycles. The van der Waals surface area contributed by atoms with Crippen molar-refractivity contribution in [3.63, 3.8) is 0 Å². The van der Waals surface area contributed by atoms with E-state index in [-0.39, 0.29) is 0 Å². The Labute approximate surface area is 370 Å². The van der Waals surface area contributed by atoms with Gasteiger partial charge in [-0.15, -0.1) is 0 Å². The third kappa shape index (κ3) is 21.3. The molecule has 0 saturated carbocycles. The normalized spacial score (nSPS) is 11.4. The minimum absolute atomic E-state index is 0.898. The molecule has 0 aliphatic rings. The Kier molecular flexibility index (Phi) is 25.7. The van der Waals surface area contributed by atoms with Crippen molar-refractivity contribution in [2.45, 2.75) is 219 Å². The fraction of sp³-hybridized carbons (Fsp3) is 0.586. The second kappa shape index (κ2) is 31.3. The first kappa shape index (κ1) is 49.1. The quantitative estimate of drug-likeness (QED) is 0.0359. The maximum absolute atomic E-state index is 6.18. The highest BCUT2D eigenvalue weighted by molar-refractivity contribution is 5.47. The molecular weight excluding hydrogens is 725 g/mol. The van der Waals surface area contributed by atoms with E-state index < -0.39 is 0 Å². The molecule has 4 rings (SSSR count). The predicted octanol–water partition coefficient (Wildman–Crippen LogP) is 17.1. The summed E-state index contributed by atoms with van der Waals surface area (Å²) in [6, 6.07) is 32.0. The standard InChI is InChI=1S/C58H88N2/c1-3-5-7-9-23-27-31-53-47-57(59)43-41-55(53)45-51-37-33-49(34-38-51)29-25-21-19-17-15-13-11-12-14-16-18-20-22-26-30-50-35-39-52(40-36-50)46-56-42-44-58(60)48-54(56)32-28-24-10-8-6-4-2/h33-44,47-48H,3-32,45-46,59-60H2,1-2H3.